The lowest BCUT2D eigenvalue weighted by atomic mass is 9.59. The molecule has 2 aromatic carbocycles. The van der Waals surface area contributed by atoms with Gasteiger partial charge in [-0.2, -0.15) is 0 Å². The lowest BCUT2D eigenvalue weighted by Crippen LogP contribution is -2.58. The molecule has 3 aliphatic carbocycles. The molecule has 3 aliphatic rings. The molecule has 0 radical (unpaired) electrons. The fraction of sp³-hybridized carbons (Fsp3) is 0.231. The molecule has 5 rings (SSSR count). The minimum Gasteiger partial charge on any atom is -0.508 e. The Morgan fingerprint density at radius 2 is 1.71 bits per heavy atom. The number of carbonyl (C=O) groups excluding carboxylic acids is 4. The summed E-state index contributed by atoms with van der Waals surface area (Å²) in [6.45, 7) is 0. The number of aliphatic hydroxyl groups excluding tert-OH is 2. The van der Waals surface area contributed by atoms with Gasteiger partial charge in [0, 0.05) is 23.5 Å². The number of hydrogen-bond acceptors (Lipinski definition) is 8. The molecule has 9 nitrogen and oxygen atoms in total. The van der Waals surface area contributed by atoms with Crippen molar-refractivity contribution in [2.45, 2.75) is 24.9 Å². The normalized spacial score (nSPS) is 25.6. The van der Waals surface area contributed by atoms with E-state index in [0.29, 0.717) is 23.0 Å². The minimum atomic E-state index is -2.59. The summed E-state index contributed by atoms with van der Waals surface area (Å²) < 4.78 is 0. The first-order valence-corrected chi connectivity index (χ1v) is 11.0. The summed E-state index contributed by atoms with van der Waals surface area (Å²) in [6, 6.07) is 9.76. The molecule has 2 aromatic rings. The number of hydrogen-bond donors (Lipinski definition) is 5. The number of aromatic hydroxyl groups is 1. The van der Waals surface area contributed by atoms with E-state index < -0.39 is 52.0 Å². The van der Waals surface area contributed by atoms with E-state index in [4.69, 9.17) is 5.73 Å². The standard InChI is InChI=1S/C26H21NO8/c27-25(34)21-18(30)9-14-7-13-8-16-15(12-3-1-11(10-28)2-4-12)5-6-17(29)20(16)22(31)19(13)23(32)26(14,35)24(21)33/h1-6,10,13-14,29,31,33,35H,7-9H2,(H2,27,34)/t13?,14?,26-/m0/s1. The zero-order valence-corrected chi connectivity index (χ0v) is 18.3. The molecule has 6 N–H and O–H groups in total. The van der Waals surface area contributed by atoms with Gasteiger partial charge < -0.3 is 26.2 Å². The molecule has 1 amide bonds. The average molecular weight is 475 g/mol. The molecule has 3 atom stereocenters. The van der Waals surface area contributed by atoms with Crippen molar-refractivity contribution in [2.24, 2.45) is 17.6 Å². The van der Waals surface area contributed by atoms with Gasteiger partial charge in [-0.3, -0.25) is 19.2 Å². The van der Waals surface area contributed by atoms with E-state index in [1.807, 2.05) is 0 Å². The highest BCUT2D eigenvalue weighted by Gasteiger charge is 2.60. The molecule has 1 saturated carbocycles. The first kappa shape index (κ1) is 22.5. The number of aliphatic hydroxyl groups is 3. The second-order valence-electron chi connectivity index (χ2n) is 9.13. The van der Waals surface area contributed by atoms with E-state index >= 15 is 0 Å². The molecule has 0 heterocycles. The number of primary amides is 1. The maximum atomic E-state index is 13.5. The van der Waals surface area contributed by atoms with E-state index in [-0.39, 0.29) is 36.1 Å². The number of amides is 1. The van der Waals surface area contributed by atoms with Crippen LogP contribution in [0.2, 0.25) is 0 Å². The van der Waals surface area contributed by atoms with Gasteiger partial charge in [-0.05, 0) is 41.5 Å². The van der Waals surface area contributed by atoms with Crippen LogP contribution in [-0.4, -0.2) is 49.8 Å². The summed E-state index contributed by atoms with van der Waals surface area (Å²) in [5.41, 5.74) is 4.05. The van der Waals surface area contributed by atoms with Gasteiger partial charge in [0.2, 0.25) is 5.78 Å². The van der Waals surface area contributed by atoms with Gasteiger partial charge in [0.15, 0.2) is 11.4 Å². The Kier molecular flexibility index (Phi) is 4.92. The third kappa shape index (κ3) is 3.05. The highest BCUT2D eigenvalue weighted by atomic mass is 16.3. The predicted octanol–water partition coefficient (Wildman–Crippen LogP) is 1.90. The predicted molar refractivity (Wildman–Crippen MR) is 122 cm³/mol. The Hall–Kier alpha value is -4.24. The Morgan fingerprint density at radius 3 is 2.34 bits per heavy atom. The van der Waals surface area contributed by atoms with E-state index in [9.17, 15) is 39.6 Å². The molecular weight excluding hydrogens is 454 g/mol. The lowest BCUT2D eigenvalue weighted by Gasteiger charge is -2.46. The summed E-state index contributed by atoms with van der Waals surface area (Å²) >= 11 is 0. The second-order valence-corrected chi connectivity index (χ2v) is 9.13. The van der Waals surface area contributed by atoms with Gasteiger partial charge in [0.05, 0.1) is 5.56 Å². The highest BCUT2D eigenvalue weighted by molar-refractivity contribution is 6.22. The third-order valence-corrected chi connectivity index (χ3v) is 7.30. The average Bonchev–Trinajstić information content (AvgIpc) is 2.81. The summed E-state index contributed by atoms with van der Waals surface area (Å²) in [5.74, 6) is -6.63. The molecule has 178 valence electrons. The van der Waals surface area contributed by atoms with Crippen molar-refractivity contribution < 1.29 is 39.6 Å². The van der Waals surface area contributed by atoms with Gasteiger partial charge in [-0.1, -0.05) is 30.3 Å². The molecule has 0 saturated heterocycles. The Bertz CT molecular complexity index is 1400. The number of benzene rings is 2. The molecular formula is C26H21NO8. The van der Waals surface area contributed by atoms with Crippen molar-refractivity contribution in [3.05, 3.63) is 70.0 Å². The number of phenols is 1. The van der Waals surface area contributed by atoms with Gasteiger partial charge >= 0.3 is 0 Å². The molecule has 0 aromatic heterocycles. The number of fused-ring (bicyclic) bond motifs is 3. The monoisotopic (exact) mass is 475 g/mol. The maximum absolute atomic E-state index is 13.5. The molecule has 1 fully saturated rings. The third-order valence-electron chi connectivity index (χ3n) is 7.30. The largest absolute Gasteiger partial charge is 0.508 e. The van der Waals surface area contributed by atoms with Crippen molar-refractivity contribution in [2.75, 3.05) is 0 Å². The molecule has 0 bridgehead atoms. The first-order chi connectivity index (χ1) is 16.6. The van der Waals surface area contributed by atoms with E-state index in [0.717, 1.165) is 5.56 Å². The van der Waals surface area contributed by atoms with Gasteiger partial charge in [-0.25, -0.2) is 0 Å². The van der Waals surface area contributed by atoms with Crippen molar-refractivity contribution >= 4 is 29.5 Å². The van der Waals surface area contributed by atoms with Crippen LogP contribution in [0.1, 0.15) is 34.3 Å². The first-order valence-electron chi connectivity index (χ1n) is 11.0. The van der Waals surface area contributed by atoms with E-state index in [1.165, 1.54) is 6.07 Å². The van der Waals surface area contributed by atoms with Crippen LogP contribution in [0.4, 0.5) is 0 Å². The van der Waals surface area contributed by atoms with Crippen LogP contribution in [0, 0.1) is 11.8 Å². The fourth-order valence-electron chi connectivity index (χ4n) is 5.63. The molecule has 9 heteroatoms. The summed E-state index contributed by atoms with van der Waals surface area (Å²) in [5, 5.41) is 43.6. The zero-order chi connectivity index (χ0) is 25.2. The number of nitrogens with two attached hydrogens (primary N) is 1. The fourth-order valence-corrected chi connectivity index (χ4v) is 5.63. The quantitative estimate of drug-likeness (QED) is 0.330. The molecule has 35 heavy (non-hydrogen) atoms. The van der Waals surface area contributed by atoms with Crippen LogP contribution in [0.3, 0.4) is 0 Å². The number of aldehydes is 1. The van der Waals surface area contributed by atoms with Gasteiger partial charge in [0.1, 0.15) is 29.1 Å². The van der Waals surface area contributed by atoms with Crippen molar-refractivity contribution in [3.63, 3.8) is 0 Å². The molecule has 0 aliphatic heterocycles. The SMILES string of the molecule is NC(=O)C1=C(O)[C@@]2(O)C(=O)C3=C(O)c4c(O)ccc(-c5ccc(C=O)cc5)c4CC3CC2CC1=O. The Labute approximate surface area is 198 Å². The summed E-state index contributed by atoms with van der Waals surface area (Å²) in [6.07, 6.45) is 0.600. The van der Waals surface area contributed by atoms with Crippen LogP contribution in [0.25, 0.3) is 16.9 Å². The summed E-state index contributed by atoms with van der Waals surface area (Å²) in [7, 11) is 0. The van der Waals surface area contributed by atoms with Crippen LogP contribution in [0.15, 0.2) is 53.3 Å². The number of phenolic OH excluding ortho intramolecular Hbond substituents is 1. The van der Waals surface area contributed by atoms with Crippen LogP contribution >= 0.6 is 0 Å². The zero-order valence-electron chi connectivity index (χ0n) is 18.3. The maximum Gasteiger partial charge on any atom is 0.255 e. The van der Waals surface area contributed by atoms with Crippen molar-refractivity contribution in [1.29, 1.82) is 0 Å². The minimum absolute atomic E-state index is 0.0223. The molecule has 0 spiro atoms. The number of rotatable bonds is 3. The van der Waals surface area contributed by atoms with Crippen LogP contribution in [0.5, 0.6) is 5.75 Å². The van der Waals surface area contributed by atoms with Gasteiger partial charge in [-0.15, -0.1) is 0 Å². The number of ketones is 2. The van der Waals surface area contributed by atoms with Crippen molar-refractivity contribution in [1.82, 2.24) is 0 Å². The summed E-state index contributed by atoms with van der Waals surface area (Å²) in [4.78, 5) is 48.7. The van der Waals surface area contributed by atoms with E-state index in [1.54, 1.807) is 30.3 Å². The van der Waals surface area contributed by atoms with Crippen molar-refractivity contribution in [3.8, 4) is 16.9 Å². The van der Waals surface area contributed by atoms with E-state index in [2.05, 4.69) is 0 Å². The second kappa shape index (κ2) is 7.64. The van der Waals surface area contributed by atoms with Gasteiger partial charge in [0.25, 0.3) is 5.91 Å². The smallest absolute Gasteiger partial charge is 0.255 e. The van der Waals surface area contributed by atoms with Crippen LogP contribution < -0.4 is 5.73 Å². The number of Topliss-reactive ketones (excluding diaryl/α,β-unsaturated/α-hetero) is 2. The number of carbonyl (C=O) groups is 4. The van der Waals surface area contributed by atoms with Crippen LogP contribution in [-0.2, 0) is 20.8 Å². The topological polar surface area (TPSA) is 175 Å². The Balaban J connectivity index is 1.69. The lowest BCUT2D eigenvalue weighted by molar-refractivity contribution is -0.147. The molecule has 2 unspecified atom stereocenters. The highest BCUT2D eigenvalue weighted by Crippen LogP contribution is 2.53. The Morgan fingerprint density at radius 1 is 1.03 bits per heavy atom.